The van der Waals surface area contributed by atoms with E-state index in [4.69, 9.17) is 4.74 Å². The quantitative estimate of drug-likeness (QED) is 0.828. The first-order valence-corrected chi connectivity index (χ1v) is 6.64. The maximum absolute atomic E-state index is 5.07. The number of ether oxygens (including phenoxy) is 1. The van der Waals surface area contributed by atoms with Crippen molar-refractivity contribution < 1.29 is 4.74 Å². The molecule has 0 aliphatic heterocycles. The molecule has 0 spiro atoms. The fourth-order valence-electron chi connectivity index (χ4n) is 2.27. The number of methoxy groups -OCH3 is 1. The smallest absolute Gasteiger partial charge is 0.156 e. The average Bonchev–Trinajstić information content (AvgIpc) is 3.18. The van der Waals surface area contributed by atoms with E-state index in [2.05, 4.69) is 20.4 Å². The molecule has 0 bridgehead atoms. The summed E-state index contributed by atoms with van der Waals surface area (Å²) in [6, 6.07) is 0. The highest BCUT2D eigenvalue weighted by molar-refractivity contribution is 5.87. The minimum atomic E-state index is 0.534. The minimum absolute atomic E-state index is 0.534. The second-order valence-corrected chi connectivity index (χ2v) is 5.03. The molecule has 2 aromatic rings. The fraction of sp³-hybridized carbons (Fsp3) is 0.615. The minimum Gasteiger partial charge on any atom is -0.383 e. The Morgan fingerprint density at radius 2 is 2.16 bits per heavy atom. The molecule has 0 saturated heterocycles. The lowest BCUT2D eigenvalue weighted by atomic mass is 10.3. The summed E-state index contributed by atoms with van der Waals surface area (Å²) in [6.07, 6.45) is 2.39. The van der Waals surface area contributed by atoms with Gasteiger partial charge in [0.25, 0.3) is 0 Å². The summed E-state index contributed by atoms with van der Waals surface area (Å²) in [7, 11) is 3.62. The van der Waals surface area contributed by atoms with E-state index >= 15 is 0 Å². The van der Waals surface area contributed by atoms with Crippen LogP contribution in [-0.2, 0) is 11.8 Å². The van der Waals surface area contributed by atoms with Crippen molar-refractivity contribution in [3.8, 4) is 0 Å². The lowest BCUT2D eigenvalue weighted by Crippen LogP contribution is -2.11. The van der Waals surface area contributed by atoms with E-state index in [9.17, 15) is 0 Å². The molecule has 2 aromatic heterocycles. The summed E-state index contributed by atoms with van der Waals surface area (Å²) in [4.78, 5) is 9.35. The maximum Gasteiger partial charge on any atom is 0.156 e. The van der Waals surface area contributed by atoms with E-state index in [0.717, 1.165) is 34.9 Å². The highest BCUT2D eigenvalue weighted by atomic mass is 16.5. The van der Waals surface area contributed by atoms with Crippen LogP contribution in [0.1, 0.15) is 30.3 Å². The highest BCUT2D eigenvalue weighted by Crippen LogP contribution is 2.39. The number of hydrogen-bond acceptors (Lipinski definition) is 5. The number of nitrogens with zero attached hydrogens (tertiary/aromatic N) is 4. The fourth-order valence-corrected chi connectivity index (χ4v) is 2.27. The molecule has 0 atom stereocenters. The predicted molar refractivity (Wildman–Crippen MR) is 73.4 cm³/mol. The largest absolute Gasteiger partial charge is 0.383 e. The summed E-state index contributed by atoms with van der Waals surface area (Å²) in [5.74, 6) is 2.35. The molecule has 1 fully saturated rings. The molecule has 1 saturated carbocycles. The van der Waals surface area contributed by atoms with Gasteiger partial charge in [-0.2, -0.15) is 5.10 Å². The Labute approximate surface area is 112 Å². The van der Waals surface area contributed by atoms with Crippen LogP contribution in [0.15, 0.2) is 0 Å². The summed E-state index contributed by atoms with van der Waals surface area (Å²) in [5.41, 5.74) is 2.88. The van der Waals surface area contributed by atoms with Crippen molar-refractivity contribution in [1.29, 1.82) is 0 Å². The number of anilines is 1. The second-order valence-electron chi connectivity index (χ2n) is 5.03. The molecular weight excluding hydrogens is 242 g/mol. The van der Waals surface area contributed by atoms with Crippen LogP contribution in [0, 0.1) is 6.92 Å². The van der Waals surface area contributed by atoms with E-state index in [1.165, 1.54) is 12.8 Å². The van der Waals surface area contributed by atoms with Crippen LogP contribution < -0.4 is 5.32 Å². The lowest BCUT2D eigenvalue weighted by molar-refractivity contribution is 0.210. The monoisotopic (exact) mass is 261 g/mol. The van der Waals surface area contributed by atoms with E-state index in [0.29, 0.717) is 12.5 Å². The van der Waals surface area contributed by atoms with Crippen LogP contribution in [0.5, 0.6) is 0 Å². The number of fused-ring (bicyclic) bond motifs is 1. The molecule has 0 unspecified atom stereocenters. The summed E-state index contributed by atoms with van der Waals surface area (Å²) in [6.45, 7) is 3.38. The number of nitrogens with one attached hydrogen (secondary N) is 1. The molecule has 1 N–H and O–H groups in total. The molecule has 102 valence electrons. The maximum atomic E-state index is 5.07. The number of aryl methyl sites for hydroxylation is 2. The van der Waals surface area contributed by atoms with E-state index < -0.39 is 0 Å². The van der Waals surface area contributed by atoms with Gasteiger partial charge in [-0.3, -0.25) is 4.68 Å². The number of hydrogen-bond donors (Lipinski definition) is 1. The molecule has 6 heteroatoms. The Morgan fingerprint density at radius 3 is 2.84 bits per heavy atom. The van der Waals surface area contributed by atoms with Crippen molar-refractivity contribution in [2.75, 3.05) is 25.6 Å². The van der Waals surface area contributed by atoms with Crippen molar-refractivity contribution in [2.45, 2.75) is 25.7 Å². The molecule has 1 aliphatic rings. The molecule has 0 radical (unpaired) electrons. The summed E-state index contributed by atoms with van der Waals surface area (Å²) >= 11 is 0. The Bertz CT molecular complexity index is 603. The van der Waals surface area contributed by atoms with Gasteiger partial charge in [0.05, 0.1) is 12.3 Å². The molecule has 0 aromatic carbocycles. The number of aromatic nitrogens is 4. The van der Waals surface area contributed by atoms with Gasteiger partial charge in [-0.1, -0.05) is 0 Å². The first kappa shape index (κ1) is 12.3. The molecule has 19 heavy (non-hydrogen) atoms. The van der Waals surface area contributed by atoms with Crippen LogP contribution in [0.2, 0.25) is 0 Å². The molecular formula is C13H19N5O. The van der Waals surface area contributed by atoms with Crippen LogP contribution in [0.25, 0.3) is 11.0 Å². The van der Waals surface area contributed by atoms with Crippen molar-refractivity contribution in [2.24, 2.45) is 7.05 Å². The van der Waals surface area contributed by atoms with Crippen molar-refractivity contribution >= 4 is 16.9 Å². The van der Waals surface area contributed by atoms with Gasteiger partial charge in [0.1, 0.15) is 16.9 Å². The Morgan fingerprint density at radius 1 is 1.37 bits per heavy atom. The van der Waals surface area contributed by atoms with Gasteiger partial charge in [0.15, 0.2) is 5.82 Å². The third kappa shape index (κ3) is 2.28. The van der Waals surface area contributed by atoms with Gasteiger partial charge < -0.3 is 10.1 Å². The Balaban J connectivity index is 2.05. The standard InChI is InChI=1S/C13H19N5O/c1-8-10-11(18(2)17-8)13(14-6-7-19-3)16-12(15-10)9-4-5-9/h9H,4-7H2,1-3H3,(H,14,15,16). The zero-order valence-corrected chi connectivity index (χ0v) is 11.6. The van der Waals surface area contributed by atoms with Crippen LogP contribution in [0.3, 0.4) is 0 Å². The van der Waals surface area contributed by atoms with Gasteiger partial charge >= 0.3 is 0 Å². The topological polar surface area (TPSA) is 64.9 Å². The van der Waals surface area contributed by atoms with Crippen LogP contribution >= 0.6 is 0 Å². The van der Waals surface area contributed by atoms with Gasteiger partial charge in [0.2, 0.25) is 0 Å². The van der Waals surface area contributed by atoms with E-state index in [1.54, 1.807) is 7.11 Å². The van der Waals surface area contributed by atoms with Gasteiger partial charge in [-0.25, -0.2) is 9.97 Å². The molecule has 1 aliphatic carbocycles. The molecule has 2 heterocycles. The molecule has 0 amide bonds. The van der Waals surface area contributed by atoms with Crippen molar-refractivity contribution in [3.63, 3.8) is 0 Å². The van der Waals surface area contributed by atoms with Crippen LogP contribution in [0.4, 0.5) is 5.82 Å². The first-order chi connectivity index (χ1) is 9.20. The summed E-state index contributed by atoms with van der Waals surface area (Å²) in [5, 5.41) is 7.77. The second kappa shape index (κ2) is 4.77. The van der Waals surface area contributed by atoms with E-state index in [-0.39, 0.29) is 0 Å². The first-order valence-electron chi connectivity index (χ1n) is 6.64. The van der Waals surface area contributed by atoms with Crippen molar-refractivity contribution in [1.82, 2.24) is 19.7 Å². The van der Waals surface area contributed by atoms with Crippen molar-refractivity contribution in [3.05, 3.63) is 11.5 Å². The van der Waals surface area contributed by atoms with Gasteiger partial charge in [-0.05, 0) is 19.8 Å². The third-order valence-electron chi connectivity index (χ3n) is 3.41. The zero-order chi connectivity index (χ0) is 13.4. The van der Waals surface area contributed by atoms with E-state index in [1.807, 2.05) is 18.7 Å². The lowest BCUT2D eigenvalue weighted by Gasteiger charge is -2.09. The normalized spacial score (nSPS) is 15.1. The van der Waals surface area contributed by atoms with Gasteiger partial charge in [0, 0.05) is 26.6 Å². The van der Waals surface area contributed by atoms with Crippen LogP contribution in [-0.4, -0.2) is 40.0 Å². The number of rotatable bonds is 5. The summed E-state index contributed by atoms with van der Waals surface area (Å²) < 4.78 is 6.92. The highest BCUT2D eigenvalue weighted by Gasteiger charge is 2.28. The zero-order valence-electron chi connectivity index (χ0n) is 11.6. The third-order valence-corrected chi connectivity index (χ3v) is 3.41. The average molecular weight is 261 g/mol. The van der Waals surface area contributed by atoms with Gasteiger partial charge in [-0.15, -0.1) is 0 Å². The predicted octanol–water partition coefficient (Wildman–Crippen LogP) is 1.61. The Hall–Kier alpha value is -1.69. The SMILES string of the molecule is COCCNc1nc(C2CC2)nc2c(C)nn(C)c12. The molecule has 3 rings (SSSR count). The Kier molecular flexibility index (Phi) is 3.10. The molecule has 6 nitrogen and oxygen atoms in total.